The second-order valence-electron chi connectivity index (χ2n) is 6.15. The maximum absolute atomic E-state index is 12.4. The Labute approximate surface area is 126 Å². The maximum atomic E-state index is 12.4. The van der Waals surface area contributed by atoms with E-state index in [1.165, 1.54) is 0 Å². The van der Waals surface area contributed by atoms with Crippen LogP contribution in [0, 0.1) is 5.92 Å². The highest BCUT2D eigenvalue weighted by Crippen LogP contribution is 2.17. The Bertz CT molecular complexity index is 499. The Balaban J connectivity index is 2.16. The van der Waals surface area contributed by atoms with Crippen LogP contribution in [0.25, 0.3) is 0 Å². The Morgan fingerprint density at radius 3 is 2.48 bits per heavy atom. The summed E-state index contributed by atoms with van der Waals surface area (Å²) in [7, 11) is 0. The molecule has 0 radical (unpaired) electrons. The first-order valence-electron chi connectivity index (χ1n) is 7.64. The van der Waals surface area contributed by atoms with Gasteiger partial charge in [-0.1, -0.05) is 44.2 Å². The molecule has 2 rings (SSSR count). The number of nitrogens with zero attached hydrogens (tertiary/aromatic N) is 1. The van der Waals surface area contributed by atoms with Crippen LogP contribution >= 0.6 is 0 Å². The molecule has 1 saturated heterocycles. The van der Waals surface area contributed by atoms with Crippen LogP contribution in [0.3, 0.4) is 0 Å². The van der Waals surface area contributed by atoms with Crippen LogP contribution in [0.1, 0.15) is 32.8 Å². The van der Waals surface area contributed by atoms with Crippen molar-refractivity contribution in [3.63, 3.8) is 0 Å². The number of piperazine rings is 1. The van der Waals surface area contributed by atoms with Crippen LogP contribution in [0.5, 0.6) is 0 Å². The molecule has 1 aliphatic heterocycles. The molecular weight excluding hydrogens is 264 g/mol. The zero-order valence-corrected chi connectivity index (χ0v) is 13.0. The Morgan fingerprint density at radius 2 is 1.86 bits per heavy atom. The van der Waals surface area contributed by atoms with Gasteiger partial charge in [-0.15, -0.1) is 0 Å². The molecule has 1 fully saturated rings. The van der Waals surface area contributed by atoms with E-state index in [4.69, 9.17) is 0 Å². The molecule has 2 amide bonds. The highest BCUT2D eigenvalue weighted by molar-refractivity contribution is 5.96. The normalized spacial score (nSPS) is 22.6. The summed E-state index contributed by atoms with van der Waals surface area (Å²) in [6.07, 6.45) is 1.49. The molecule has 0 aliphatic carbocycles. The topological polar surface area (TPSA) is 49.4 Å². The molecule has 0 spiro atoms. The van der Waals surface area contributed by atoms with Gasteiger partial charge in [-0.25, -0.2) is 0 Å². The summed E-state index contributed by atoms with van der Waals surface area (Å²) in [5.74, 6) is 0.487. The van der Waals surface area contributed by atoms with E-state index in [2.05, 4.69) is 19.2 Å². The monoisotopic (exact) mass is 288 g/mol. The second kappa shape index (κ2) is 6.74. The van der Waals surface area contributed by atoms with Crippen molar-refractivity contribution >= 4 is 11.8 Å². The maximum Gasteiger partial charge on any atom is 0.245 e. The lowest BCUT2D eigenvalue weighted by molar-refractivity contribution is -0.148. The third-order valence-electron chi connectivity index (χ3n) is 3.91. The van der Waals surface area contributed by atoms with Gasteiger partial charge in [-0.05, 0) is 24.8 Å². The summed E-state index contributed by atoms with van der Waals surface area (Å²) in [6, 6.07) is 9.05. The molecule has 1 heterocycles. The van der Waals surface area contributed by atoms with Gasteiger partial charge in [0.15, 0.2) is 0 Å². The van der Waals surface area contributed by atoms with Gasteiger partial charge >= 0.3 is 0 Å². The van der Waals surface area contributed by atoms with Gasteiger partial charge < -0.3 is 10.2 Å². The van der Waals surface area contributed by atoms with E-state index in [9.17, 15) is 9.59 Å². The molecule has 4 heteroatoms. The van der Waals surface area contributed by atoms with Crippen molar-refractivity contribution < 1.29 is 9.59 Å². The van der Waals surface area contributed by atoms with Crippen LogP contribution < -0.4 is 5.32 Å². The molecule has 1 aliphatic rings. The Kier molecular flexibility index (Phi) is 4.99. The first kappa shape index (κ1) is 15.5. The van der Waals surface area contributed by atoms with Crippen LogP contribution in [0.4, 0.5) is 0 Å². The van der Waals surface area contributed by atoms with E-state index in [1.807, 2.05) is 30.3 Å². The fourth-order valence-electron chi connectivity index (χ4n) is 2.62. The van der Waals surface area contributed by atoms with Crippen LogP contribution in [0.15, 0.2) is 30.3 Å². The van der Waals surface area contributed by atoms with Crippen molar-refractivity contribution in [1.82, 2.24) is 10.2 Å². The van der Waals surface area contributed by atoms with Gasteiger partial charge in [0.1, 0.15) is 12.1 Å². The number of amides is 2. The smallest absolute Gasteiger partial charge is 0.245 e. The first-order valence-corrected chi connectivity index (χ1v) is 7.64. The lowest BCUT2D eigenvalue weighted by Crippen LogP contribution is -2.63. The van der Waals surface area contributed by atoms with E-state index < -0.39 is 12.1 Å². The third kappa shape index (κ3) is 3.84. The molecule has 1 aromatic carbocycles. The van der Waals surface area contributed by atoms with Crippen molar-refractivity contribution in [2.24, 2.45) is 5.92 Å². The fraction of sp³-hybridized carbons (Fsp3) is 0.529. The third-order valence-corrected chi connectivity index (χ3v) is 3.91. The quantitative estimate of drug-likeness (QED) is 0.901. The van der Waals surface area contributed by atoms with Crippen LogP contribution in [-0.4, -0.2) is 35.3 Å². The zero-order valence-electron chi connectivity index (χ0n) is 13.0. The standard InChI is InChI=1S/C17H24N2O2/c1-12(2)9-10-19-15(11-14-7-5-4-6-8-14)16(20)18-13(3)17(19)21/h4-8,12-13,15H,9-11H2,1-3H3,(H,18,20). The predicted octanol–water partition coefficient (Wildman–Crippen LogP) is 1.99. The largest absolute Gasteiger partial charge is 0.343 e. The van der Waals surface area contributed by atoms with Crippen LogP contribution in [0.2, 0.25) is 0 Å². The number of benzene rings is 1. The predicted molar refractivity (Wildman–Crippen MR) is 82.7 cm³/mol. The number of rotatable bonds is 5. The van der Waals surface area contributed by atoms with Crippen molar-refractivity contribution in [3.8, 4) is 0 Å². The van der Waals surface area contributed by atoms with Gasteiger partial charge in [0.05, 0.1) is 0 Å². The Hall–Kier alpha value is -1.84. The minimum atomic E-state index is -0.420. The van der Waals surface area contributed by atoms with E-state index in [-0.39, 0.29) is 11.8 Å². The molecule has 0 aromatic heterocycles. The summed E-state index contributed by atoms with van der Waals surface area (Å²) < 4.78 is 0. The van der Waals surface area contributed by atoms with Gasteiger partial charge in [0.2, 0.25) is 11.8 Å². The second-order valence-corrected chi connectivity index (χ2v) is 6.15. The molecule has 1 aromatic rings. The minimum Gasteiger partial charge on any atom is -0.343 e. The number of carbonyl (C=O) groups is 2. The highest BCUT2D eigenvalue weighted by Gasteiger charge is 2.38. The van der Waals surface area contributed by atoms with Crippen molar-refractivity contribution in [2.45, 2.75) is 45.7 Å². The fourth-order valence-corrected chi connectivity index (χ4v) is 2.62. The molecule has 0 bridgehead atoms. The number of nitrogens with one attached hydrogen (secondary N) is 1. The molecule has 0 saturated carbocycles. The lowest BCUT2D eigenvalue weighted by atomic mass is 9.99. The van der Waals surface area contributed by atoms with Gasteiger partial charge in [-0.3, -0.25) is 9.59 Å². The van der Waals surface area contributed by atoms with E-state index in [1.54, 1.807) is 11.8 Å². The van der Waals surface area contributed by atoms with Crippen molar-refractivity contribution in [2.75, 3.05) is 6.54 Å². The number of hydrogen-bond donors (Lipinski definition) is 1. The summed E-state index contributed by atoms with van der Waals surface area (Å²) in [5, 5.41) is 2.79. The summed E-state index contributed by atoms with van der Waals surface area (Å²) in [6.45, 7) is 6.65. The molecule has 2 atom stereocenters. The number of hydrogen-bond acceptors (Lipinski definition) is 2. The SMILES string of the molecule is CC(C)CCN1C(=O)C(C)NC(=O)C1Cc1ccccc1. The molecule has 2 unspecified atom stereocenters. The Morgan fingerprint density at radius 1 is 1.19 bits per heavy atom. The molecule has 1 N–H and O–H groups in total. The molecule has 114 valence electrons. The van der Waals surface area contributed by atoms with Gasteiger partial charge in [0.25, 0.3) is 0 Å². The summed E-state index contributed by atoms with van der Waals surface area (Å²) in [5.41, 5.74) is 1.08. The minimum absolute atomic E-state index is 0.0242. The summed E-state index contributed by atoms with van der Waals surface area (Å²) in [4.78, 5) is 26.5. The van der Waals surface area contributed by atoms with Crippen molar-refractivity contribution in [1.29, 1.82) is 0 Å². The average molecular weight is 288 g/mol. The first-order chi connectivity index (χ1) is 9.99. The molecule has 21 heavy (non-hydrogen) atoms. The number of carbonyl (C=O) groups excluding carboxylic acids is 2. The van der Waals surface area contributed by atoms with Crippen molar-refractivity contribution in [3.05, 3.63) is 35.9 Å². The zero-order chi connectivity index (χ0) is 15.4. The molecule has 4 nitrogen and oxygen atoms in total. The highest BCUT2D eigenvalue weighted by atomic mass is 16.2. The van der Waals surface area contributed by atoms with E-state index in [0.29, 0.717) is 18.9 Å². The van der Waals surface area contributed by atoms with Gasteiger partial charge in [-0.2, -0.15) is 0 Å². The lowest BCUT2D eigenvalue weighted by Gasteiger charge is -2.38. The van der Waals surface area contributed by atoms with E-state index in [0.717, 1.165) is 12.0 Å². The van der Waals surface area contributed by atoms with E-state index >= 15 is 0 Å². The van der Waals surface area contributed by atoms with Gasteiger partial charge in [0, 0.05) is 13.0 Å². The van der Waals surface area contributed by atoms with Crippen LogP contribution in [-0.2, 0) is 16.0 Å². The summed E-state index contributed by atoms with van der Waals surface area (Å²) >= 11 is 0. The average Bonchev–Trinajstić information content (AvgIpc) is 2.45. The molecular formula is C17H24N2O2.